The van der Waals surface area contributed by atoms with Crippen LogP contribution in [0.5, 0.6) is 5.75 Å². The number of rotatable bonds is 4. The Balaban J connectivity index is 2.11. The third-order valence-electron chi connectivity index (χ3n) is 3.37. The molecule has 0 fully saturated rings. The zero-order valence-corrected chi connectivity index (χ0v) is 12.6. The molecule has 0 aromatic heterocycles. The highest BCUT2D eigenvalue weighted by molar-refractivity contribution is 5.84. The molecule has 1 aromatic rings. The van der Waals surface area contributed by atoms with Crippen LogP contribution in [0.1, 0.15) is 18.9 Å². The first kappa shape index (κ1) is 15.8. The van der Waals surface area contributed by atoms with E-state index < -0.39 is 6.10 Å². The van der Waals surface area contributed by atoms with E-state index >= 15 is 0 Å². The van der Waals surface area contributed by atoms with Crippen LogP contribution in [0, 0.1) is 0 Å². The molecule has 0 amide bonds. The third kappa shape index (κ3) is 3.96. The molecule has 1 aromatic carbocycles. The third-order valence-corrected chi connectivity index (χ3v) is 3.37. The summed E-state index contributed by atoms with van der Waals surface area (Å²) in [7, 11) is 0. The molecule has 0 saturated carbocycles. The average Bonchev–Trinajstić information content (AvgIpc) is 2.55. The van der Waals surface area contributed by atoms with Crippen LogP contribution < -0.4 is 10.6 Å². The molecule has 114 valence electrons. The van der Waals surface area contributed by atoms with Gasteiger partial charge in [-0.1, -0.05) is 49.1 Å². The second-order valence-corrected chi connectivity index (χ2v) is 4.97. The van der Waals surface area contributed by atoms with Crippen molar-refractivity contribution in [3.05, 3.63) is 71.9 Å². The number of allylic oxidation sites excluding steroid dienone is 5. The monoisotopic (exact) mass is 296 g/mol. The van der Waals surface area contributed by atoms with E-state index in [1.807, 2.05) is 24.3 Å². The molecule has 0 aliphatic heterocycles. The number of ether oxygens (including phenoxy) is 1. The van der Waals surface area contributed by atoms with Crippen LogP contribution in [-0.2, 0) is 0 Å². The van der Waals surface area contributed by atoms with Crippen molar-refractivity contribution in [1.82, 2.24) is 0 Å². The van der Waals surface area contributed by atoms with E-state index in [4.69, 9.17) is 10.6 Å². The summed E-state index contributed by atoms with van der Waals surface area (Å²) < 4.78 is 5.44. The molecule has 2 rings (SSSR count). The SMILES string of the molecule is C=CC(O)C(=NN)Oc1ccc(C=C2CC=CC=C2C)cc1. The van der Waals surface area contributed by atoms with Crippen LogP contribution in [0.25, 0.3) is 6.08 Å². The molecule has 4 heteroatoms. The van der Waals surface area contributed by atoms with Gasteiger partial charge in [0.1, 0.15) is 11.9 Å². The number of aliphatic hydroxyl groups excluding tert-OH is 1. The van der Waals surface area contributed by atoms with Crippen molar-refractivity contribution in [2.45, 2.75) is 19.4 Å². The van der Waals surface area contributed by atoms with Gasteiger partial charge in [0.2, 0.25) is 5.90 Å². The fourth-order valence-corrected chi connectivity index (χ4v) is 2.07. The Labute approximate surface area is 130 Å². The Kier molecular flexibility index (Phi) is 5.33. The molecule has 0 radical (unpaired) electrons. The fraction of sp³-hybridized carbons (Fsp3) is 0.167. The molecule has 0 saturated heterocycles. The topological polar surface area (TPSA) is 67.8 Å². The Bertz CT molecular complexity index is 652. The van der Waals surface area contributed by atoms with Crippen LogP contribution in [-0.4, -0.2) is 17.1 Å². The largest absolute Gasteiger partial charge is 0.439 e. The summed E-state index contributed by atoms with van der Waals surface area (Å²) in [4.78, 5) is 0. The zero-order chi connectivity index (χ0) is 15.9. The minimum atomic E-state index is -1.02. The molecule has 3 N–H and O–H groups in total. The van der Waals surface area contributed by atoms with Crippen LogP contribution in [0.2, 0.25) is 0 Å². The normalized spacial score (nSPS) is 18.0. The summed E-state index contributed by atoms with van der Waals surface area (Å²) in [6.07, 6.45) is 9.68. The van der Waals surface area contributed by atoms with Crippen molar-refractivity contribution >= 4 is 12.0 Å². The van der Waals surface area contributed by atoms with Gasteiger partial charge in [-0.3, -0.25) is 0 Å². The van der Waals surface area contributed by atoms with Gasteiger partial charge in [-0.15, -0.1) is 5.10 Å². The number of benzene rings is 1. The van der Waals surface area contributed by atoms with Crippen molar-refractivity contribution in [2.24, 2.45) is 10.9 Å². The minimum Gasteiger partial charge on any atom is -0.439 e. The van der Waals surface area contributed by atoms with Gasteiger partial charge in [-0.05, 0) is 42.2 Å². The quantitative estimate of drug-likeness (QED) is 0.295. The lowest BCUT2D eigenvalue weighted by atomic mass is 9.97. The molecule has 0 heterocycles. The summed E-state index contributed by atoms with van der Waals surface area (Å²) >= 11 is 0. The smallest absolute Gasteiger partial charge is 0.244 e. The van der Waals surface area contributed by atoms with E-state index in [0.29, 0.717) is 5.75 Å². The Morgan fingerprint density at radius 1 is 1.41 bits per heavy atom. The van der Waals surface area contributed by atoms with Crippen LogP contribution >= 0.6 is 0 Å². The second-order valence-electron chi connectivity index (χ2n) is 4.97. The number of nitrogens with zero attached hydrogens (tertiary/aromatic N) is 1. The van der Waals surface area contributed by atoms with Gasteiger partial charge < -0.3 is 15.7 Å². The Hall–Kier alpha value is -2.59. The standard InChI is InChI=1S/C18H20N2O2/c1-3-17(21)18(20-19)22-16-10-8-14(9-11-16)12-15-7-5-4-6-13(15)2/h3-6,8-12,17,21H,1,7,19H2,2H3. The van der Waals surface area contributed by atoms with Gasteiger partial charge in [-0.25, -0.2) is 0 Å². The van der Waals surface area contributed by atoms with Crippen molar-refractivity contribution < 1.29 is 9.84 Å². The van der Waals surface area contributed by atoms with E-state index in [1.54, 1.807) is 0 Å². The van der Waals surface area contributed by atoms with Gasteiger partial charge in [0.25, 0.3) is 0 Å². The first-order valence-electron chi connectivity index (χ1n) is 7.04. The Morgan fingerprint density at radius 3 is 2.73 bits per heavy atom. The Morgan fingerprint density at radius 2 is 2.14 bits per heavy atom. The van der Waals surface area contributed by atoms with Crippen molar-refractivity contribution in [1.29, 1.82) is 0 Å². The molecule has 4 nitrogen and oxygen atoms in total. The first-order chi connectivity index (χ1) is 10.6. The van der Waals surface area contributed by atoms with E-state index in [9.17, 15) is 5.11 Å². The average molecular weight is 296 g/mol. The van der Waals surface area contributed by atoms with E-state index in [1.165, 1.54) is 17.2 Å². The van der Waals surface area contributed by atoms with Gasteiger partial charge in [-0.2, -0.15) is 0 Å². The molecule has 1 aliphatic carbocycles. The minimum absolute atomic E-state index is 0.0114. The highest BCUT2D eigenvalue weighted by atomic mass is 16.5. The van der Waals surface area contributed by atoms with E-state index in [2.05, 4.69) is 42.9 Å². The summed E-state index contributed by atoms with van der Waals surface area (Å²) in [5.74, 6) is 5.77. The first-order valence-corrected chi connectivity index (χ1v) is 7.04. The lowest BCUT2D eigenvalue weighted by Gasteiger charge is -2.11. The van der Waals surface area contributed by atoms with Crippen molar-refractivity contribution in [2.75, 3.05) is 0 Å². The van der Waals surface area contributed by atoms with Gasteiger partial charge in [0.15, 0.2) is 0 Å². The van der Waals surface area contributed by atoms with Gasteiger partial charge >= 0.3 is 0 Å². The summed E-state index contributed by atoms with van der Waals surface area (Å²) in [6.45, 7) is 5.58. The predicted octanol–water partition coefficient (Wildman–Crippen LogP) is 3.17. The molecule has 0 spiro atoms. The molecule has 1 unspecified atom stereocenters. The lowest BCUT2D eigenvalue weighted by molar-refractivity contribution is 0.264. The maximum Gasteiger partial charge on any atom is 0.244 e. The van der Waals surface area contributed by atoms with Crippen molar-refractivity contribution in [3.8, 4) is 5.75 Å². The number of hydrazone groups is 1. The van der Waals surface area contributed by atoms with E-state index in [0.717, 1.165) is 12.0 Å². The molecule has 0 bridgehead atoms. The number of hydrogen-bond acceptors (Lipinski definition) is 4. The number of aliphatic hydroxyl groups is 1. The second kappa shape index (κ2) is 7.43. The lowest BCUT2D eigenvalue weighted by Crippen LogP contribution is -2.25. The fourth-order valence-electron chi connectivity index (χ4n) is 2.07. The maximum absolute atomic E-state index is 9.60. The summed E-state index contributed by atoms with van der Waals surface area (Å²) in [5, 5.41) is 13.0. The molecular formula is C18H20N2O2. The van der Waals surface area contributed by atoms with Crippen LogP contribution in [0.15, 0.2) is 71.4 Å². The maximum atomic E-state index is 9.60. The predicted molar refractivity (Wildman–Crippen MR) is 90.4 cm³/mol. The molecule has 22 heavy (non-hydrogen) atoms. The van der Waals surface area contributed by atoms with Crippen LogP contribution in [0.4, 0.5) is 0 Å². The molecular weight excluding hydrogens is 276 g/mol. The zero-order valence-electron chi connectivity index (χ0n) is 12.6. The summed E-state index contributed by atoms with van der Waals surface area (Å²) in [6, 6.07) is 7.51. The van der Waals surface area contributed by atoms with E-state index in [-0.39, 0.29) is 5.90 Å². The summed E-state index contributed by atoms with van der Waals surface area (Å²) in [5.41, 5.74) is 3.65. The van der Waals surface area contributed by atoms with Crippen LogP contribution in [0.3, 0.4) is 0 Å². The molecule has 1 atom stereocenters. The number of nitrogens with two attached hydrogens (primary N) is 1. The molecule has 1 aliphatic rings. The van der Waals surface area contributed by atoms with Gasteiger partial charge in [0, 0.05) is 0 Å². The van der Waals surface area contributed by atoms with Crippen molar-refractivity contribution in [3.63, 3.8) is 0 Å². The number of hydrogen-bond donors (Lipinski definition) is 2. The highest BCUT2D eigenvalue weighted by Gasteiger charge is 2.11. The van der Waals surface area contributed by atoms with Gasteiger partial charge in [0.05, 0.1) is 0 Å². The highest BCUT2D eigenvalue weighted by Crippen LogP contribution is 2.23.